The summed E-state index contributed by atoms with van der Waals surface area (Å²) in [6.07, 6.45) is 1.96. The third-order valence-corrected chi connectivity index (χ3v) is 3.39. The molecule has 0 saturated heterocycles. The number of hydrogen-bond acceptors (Lipinski definition) is 3. The smallest absolute Gasteiger partial charge is 0.138 e. The van der Waals surface area contributed by atoms with Crippen molar-refractivity contribution in [3.8, 4) is 5.75 Å². The first-order valence-corrected chi connectivity index (χ1v) is 7.02. The lowest BCUT2D eigenvalue weighted by Crippen LogP contribution is -2.08. The van der Waals surface area contributed by atoms with E-state index in [0.29, 0.717) is 15.8 Å². The van der Waals surface area contributed by atoms with Crippen molar-refractivity contribution >= 4 is 15.9 Å². The summed E-state index contributed by atoms with van der Waals surface area (Å²) in [5.74, 6) is 0.0751. The average molecular weight is 340 g/mol. The molecule has 1 N–H and O–H groups in total. The van der Waals surface area contributed by atoms with Gasteiger partial charge in [0.25, 0.3) is 0 Å². The van der Waals surface area contributed by atoms with Crippen LogP contribution in [0.15, 0.2) is 41.1 Å². The first-order chi connectivity index (χ1) is 9.49. The van der Waals surface area contributed by atoms with Gasteiger partial charge in [0.15, 0.2) is 0 Å². The molecule has 0 amide bonds. The third kappa shape index (κ3) is 3.35. The second-order valence-corrected chi connectivity index (χ2v) is 5.51. The minimum Gasteiger partial charge on any atom is -0.489 e. The average Bonchev–Trinajstić information content (AvgIpc) is 2.38. The van der Waals surface area contributed by atoms with Crippen molar-refractivity contribution in [1.82, 2.24) is 4.98 Å². The van der Waals surface area contributed by atoms with E-state index in [4.69, 9.17) is 4.74 Å². The van der Waals surface area contributed by atoms with Gasteiger partial charge < -0.3 is 9.84 Å². The first-order valence-electron chi connectivity index (χ1n) is 6.22. The quantitative estimate of drug-likeness (QED) is 0.919. The Morgan fingerprint density at radius 3 is 2.70 bits per heavy atom. The molecule has 3 nitrogen and oxygen atoms in total. The fraction of sp³-hybridized carbons (Fsp3) is 0.267. The zero-order chi connectivity index (χ0) is 14.7. The number of hydrogen-bond donors (Lipinski definition) is 1. The van der Waals surface area contributed by atoms with E-state index in [1.165, 1.54) is 12.3 Å². The Bertz CT molecular complexity index is 584. The van der Waals surface area contributed by atoms with Crippen molar-refractivity contribution < 1.29 is 14.2 Å². The van der Waals surface area contributed by atoms with Gasteiger partial charge in [-0.05, 0) is 32.0 Å². The molecular weight excluding hydrogens is 325 g/mol. The molecule has 2 aromatic rings. The lowest BCUT2D eigenvalue weighted by molar-refractivity contribution is 0.210. The number of aliphatic hydroxyl groups is 1. The van der Waals surface area contributed by atoms with Gasteiger partial charge in [0.2, 0.25) is 0 Å². The van der Waals surface area contributed by atoms with Crippen LogP contribution in [0.4, 0.5) is 4.39 Å². The molecule has 1 aromatic carbocycles. The lowest BCUT2D eigenvalue weighted by atomic mass is 10.0. The summed E-state index contributed by atoms with van der Waals surface area (Å²) in [4.78, 5) is 4.02. The molecule has 106 valence electrons. The summed E-state index contributed by atoms with van der Waals surface area (Å²) in [5.41, 5.74) is 0.671. The monoisotopic (exact) mass is 339 g/mol. The van der Waals surface area contributed by atoms with E-state index in [1.807, 2.05) is 13.8 Å². The zero-order valence-electron chi connectivity index (χ0n) is 11.2. The Morgan fingerprint density at radius 2 is 2.05 bits per heavy atom. The molecule has 0 fully saturated rings. The molecule has 0 bridgehead atoms. The van der Waals surface area contributed by atoms with E-state index in [9.17, 15) is 9.50 Å². The van der Waals surface area contributed by atoms with Gasteiger partial charge >= 0.3 is 0 Å². The number of benzene rings is 1. The van der Waals surface area contributed by atoms with Crippen LogP contribution in [0.3, 0.4) is 0 Å². The SMILES string of the molecule is CC(C)Oc1cncc(C(O)c2c(F)cccc2Br)c1. The van der Waals surface area contributed by atoms with E-state index in [2.05, 4.69) is 20.9 Å². The fourth-order valence-electron chi connectivity index (χ4n) is 1.86. The molecular formula is C15H15BrFNO2. The first kappa shape index (κ1) is 14.9. The fourth-order valence-corrected chi connectivity index (χ4v) is 2.42. The van der Waals surface area contributed by atoms with Crippen molar-refractivity contribution in [2.45, 2.75) is 26.1 Å². The van der Waals surface area contributed by atoms with Crippen LogP contribution in [0.25, 0.3) is 0 Å². The van der Waals surface area contributed by atoms with Crippen molar-refractivity contribution in [2.75, 3.05) is 0 Å². The molecule has 0 aliphatic rings. The van der Waals surface area contributed by atoms with Gasteiger partial charge in [-0.2, -0.15) is 0 Å². The maximum atomic E-state index is 13.9. The number of ether oxygens (including phenoxy) is 1. The highest BCUT2D eigenvalue weighted by Crippen LogP contribution is 2.31. The van der Waals surface area contributed by atoms with E-state index < -0.39 is 11.9 Å². The molecule has 0 radical (unpaired) electrons. The summed E-state index contributed by atoms with van der Waals surface area (Å²) in [5, 5.41) is 10.3. The summed E-state index contributed by atoms with van der Waals surface area (Å²) >= 11 is 3.25. The summed E-state index contributed by atoms with van der Waals surface area (Å²) in [6.45, 7) is 3.80. The molecule has 2 rings (SSSR count). The van der Waals surface area contributed by atoms with Gasteiger partial charge in [0, 0.05) is 21.8 Å². The molecule has 0 aliphatic heterocycles. The second-order valence-electron chi connectivity index (χ2n) is 4.66. The topological polar surface area (TPSA) is 42.4 Å². The predicted molar refractivity (Wildman–Crippen MR) is 78.2 cm³/mol. The van der Waals surface area contributed by atoms with Crippen LogP contribution < -0.4 is 4.74 Å². The van der Waals surface area contributed by atoms with Crippen molar-refractivity contribution in [3.63, 3.8) is 0 Å². The number of rotatable bonds is 4. The Labute approximate surface area is 125 Å². The number of nitrogens with zero attached hydrogens (tertiary/aromatic N) is 1. The second kappa shape index (κ2) is 6.33. The van der Waals surface area contributed by atoms with E-state index in [-0.39, 0.29) is 11.7 Å². The van der Waals surface area contributed by atoms with Crippen molar-refractivity contribution in [1.29, 1.82) is 0 Å². The minimum absolute atomic E-state index is 0.00407. The minimum atomic E-state index is -1.10. The third-order valence-electron chi connectivity index (χ3n) is 2.69. The molecule has 1 unspecified atom stereocenters. The van der Waals surface area contributed by atoms with Crippen LogP contribution in [0.5, 0.6) is 5.75 Å². The number of halogens is 2. The highest BCUT2D eigenvalue weighted by Gasteiger charge is 2.19. The van der Waals surface area contributed by atoms with Gasteiger partial charge in [0.05, 0.1) is 12.3 Å². The van der Waals surface area contributed by atoms with Crippen molar-refractivity contribution in [2.24, 2.45) is 0 Å². The van der Waals surface area contributed by atoms with Crippen molar-refractivity contribution in [3.05, 3.63) is 58.1 Å². The highest BCUT2D eigenvalue weighted by atomic mass is 79.9. The maximum Gasteiger partial charge on any atom is 0.138 e. The molecule has 1 aromatic heterocycles. The molecule has 0 saturated carbocycles. The van der Waals surface area contributed by atoms with Crippen LogP contribution in [0.1, 0.15) is 31.1 Å². The molecule has 5 heteroatoms. The summed E-state index contributed by atoms with van der Waals surface area (Å²) in [6, 6.07) is 6.23. The Morgan fingerprint density at radius 1 is 1.30 bits per heavy atom. The van der Waals surface area contributed by atoms with Gasteiger partial charge in [0.1, 0.15) is 17.7 Å². The Balaban J connectivity index is 2.36. The number of pyridine rings is 1. The normalized spacial score (nSPS) is 12.5. The van der Waals surface area contributed by atoms with Crippen LogP contribution in [-0.2, 0) is 0 Å². The zero-order valence-corrected chi connectivity index (χ0v) is 12.8. The van der Waals surface area contributed by atoms with Gasteiger partial charge in [-0.15, -0.1) is 0 Å². The number of aliphatic hydroxyl groups excluding tert-OH is 1. The molecule has 1 heterocycles. The maximum absolute atomic E-state index is 13.9. The molecule has 20 heavy (non-hydrogen) atoms. The summed E-state index contributed by atoms with van der Waals surface area (Å²) in [7, 11) is 0. The van der Waals surface area contributed by atoms with E-state index in [0.717, 1.165) is 0 Å². The predicted octanol–water partition coefficient (Wildman–Crippen LogP) is 3.85. The van der Waals surface area contributed by atoms with Crippen LogP contribution in [0, 0.1) is 5.82 Å². The summed E-state index contributed by atoms with van der Waals surface area (Å²) < 4.78 is 19.9. The standard InChI is InChI=1S/C15H15BrFNO2/c1-9(2)20-11-6-10(7-18-8-11)15(19)14-12(16)4-3-5-13(14)17/h3-9,15,19H,1-2H3. The van der Waals surface area contributed by atoms with Gasteiger partial charge in [-0.25, -0.2) is 4.39 Å². The Kier molecular flexibility index (Phi) is 4.73. The van der Waals surface area contributed by atoms with Crippen LogP contribution in [-0.4, -0.2) is 16.2 Å². The van der Waals surface area contributed by atoms with Gasteiger partial charge in [-0.3, -0.25) is 4.98 Å². The largest absolute Gasteiger partial charge is 0.489 e. The lowest BCUT2D eigenvalue weighted by Gasteiger charge is -2.16. The van der Waals surface area contributed by atoms with Crippen LogP contribution >= 0.6 is 15.9 Å². The number of aromatic nitrogens is 1. The Hall–Kier alpha value is -1.46. The highest BCUT2D eigenvalue weighted by molar-refractivity contribution is 9.10. The van der Waals surface area contributed by atoms with E-state index >= 15 is 0 Å². The molecule has 0 spiro atoms. The van der Waals surface area contributed by atoms with Gasteiger partial charge in [-0.1, -0.05) is 22.0 Å². The molecule has 1 atom stereocenters. The van der Waals surface area contributed by atoms with E-state index in [1.54, 1.807) is 24.4 Å². The molecule has 0 aliphatic carbocycles. The van der Waals surface area contributed by atoms with Crippen LogP contribution in [0.2, 0.25) is 0 Å².